The quantitative estimate of drug-likeness (QED) is 0.511. The van der Waals surface area contributed by atoms with E-state index in [0.29, 0.717) is 56.2 Å². The molecule has 0 saturated carbocycles. The third kappa shape index (κ3) is 5.50. The molecule has 3 aliphatic heterocycles. The molecule has 3 aliphatic rings. The number of hydrogen-bond acceptors (Lipinski definition) is 9. The maximum atomic E-state index is 14.8. The average molecular weight is 560 g/mol. The second-order valence-electron chi connectivity index (χ2n) is 10.7. The molecular formula is C30H34FN7O3. The Morgan fingerprint density at radius 3 is 2.73 bits per heavy atom. The van der Waals surface area contributed by atoms with Gasteiger partial charge in [0.25, 0.3) is 0 Å². The number of aromatic nitrogens is 1. The fraction of sp³-hybridized carbons (Fsp3) is 0.467. The summed E-state index contributed by atoms with van der Waals surface area (Å²) in [7, 11) is 2.05. The van der Waals surface area contributed by atoms with Crippen LogP contribution < -0.4 is 14.5 Å². The minimum Gasteiger partial charge on any atom is -0.506 e. The van der Waals surface area contributed by atoms with Crippen LogP contribution in [0.15, 0.2) is 30.9 Å². The average Bonchev–Trinajstić information content (AvgIpc) is 3.39. The number of anilines is 2. The number of rotatable bonds is 7. The number of halogens is 1. The van der Waals surface area contributed by atoms with E-state index in [-0.39, 0.29) is 48.3 Å². The van der Waals surface area contributed by atoms with E-state index >= 15 is 0 Å². The summed E-state index contributed by atoms with van der Waals surface area (Å²) < 4.78 is 21.0. The topological polar surface area (TPSA) is 120 Å². The smallest absolute Gasteiger partial charge is 0.246 e. The Kier molecular flexibility index (Phi) is 8.27. The van der Waals surface area contributed by atoms with E-state index < -0.39 is 5.82 Å². The Morgan fingerprint density at radius 2 is 2.05 bits per heavy atom. The number of piperazine rings is 1. The van der Waals surface area contributed by atoms with Crippen molar-refractivity contribution in [3.8, 4) is 23.8 Å². The van der Waals surface area contributed by atoms with Crippen LogP contribution in [0.1, 0.15) is 36.1 Å². The summed E-state index contributed by atoms with van der Waals surface area (Å²) in [6.07, 6.45) is 3.93. The molecule has 11 heteroatoms. The number of likely N-dealkylation sites (tertiary alicyclic amines) is 1. The van der Waals surface area contributed by atoms with Gasteiger partial charge in [-0.05, 0) is 51.1 Å². The number of fused-ring (bicyclic) bond motifs is 1. The Morgan fingerprint density at radius 1 is 1.22 bits per heavy atom. The van der Waals surface area contributed by atoms with E-state index in [9.17, 15) is 24.8 Å². The zero-order valence-corrected chi connectivity index (χ0v) is 23.2. The number of likely N-dealkylation sites (N-methyl/N-ethyl adjacent to an activating group) is 1. The Bertz CT molecular complexity index is 1400. The van der Waals surface area contributed by atoms with Crippen molar-refractivity contribution >= 4 is 17.3 Å². The zero-order valence-electron chi connectivity index (χ0n) is 23.2. The number of phenols is 1. The van der Waals surface area contributed by atoms with Crippen LogP contribution in [0.5, 0.6) is 11.6 Å². The summed E-state index contributed by atoms with van der Waals surface area (Å²) in [5.74, 6) is -0.675. The van der Waals surface area contributed by atoms with Crippen molar-refractivity contribution in [2.75, 3.05) is 56.2 Å². The highest BCUT2D eigenvalue weighted by Crippen LogP contribution is 2.40. The van der Waals surface area contributed by atoms with Gasteiger partial charge in [-0.25, -0.2) is 9.37 Å². The van der Waals surface area contributed by atoms with Gasteiger partial charge in [0, 0.05) is 37.8 Å². The number of aromatic hydroxyl groups is 1. The third-order valence-corrected chi connectivity index (χ3v) is 8.35. The van der Waals surface area contributed by atoms with Crippen LogP contribution in [0.3, 0.4) is 0 Å². The molecule has 1 N–H and O–H groups in total. The van der Waals surface area contributed by atoms with Gasteiger partial charge in [0.2, 0.25) is 11.8 Å². The molecule has 0 aliphatic carbocycles. The molecule has 1 aromatic carbocycles. The van der Waals surface area contributed by atoms with Crippen LogP contribution in [-0.4, -0.2) is 84.3 Å². The summed E-state index contributed by atoms with van der Waals surface area (Å²) >= 11 is 0. The van der Waals surface area contributed by atoms with Gasteiger partial charge in [-0.3, -0.25) is 4.79 Å². The molecule has 41 heavy (non-hydrogen) atoms. The number of amides is 1. The van der Waals surface area contributed by atoms with Gasteiger partial charge < -0.3 is 29.4 Å². The summed E-state index contributed by atoms with van der Waals surface area (Å²) in [5, 5.41) is 30.3. The van der Waals surface area contributed by atoms with Crippen LogP contribution >= 0.6 is 0 Å². The summed E-state index contributed by atoms with van der Waals surface area (Å²) in [5.41, 5.74) is 2.64. The molecule has 4 heterocycles. The van der Waals surface area contributed by atoms with Crippen LogP contribution in [0, 0.1) is 28.5 Å². The molecule has 0 bridgehead atoms. The highest BCUT2D eigenvalue weighted by Gasteiger charge is 2.35. The third-order valence-electron chi connectivity index (χ3n) is 8.35. The monoisotopic (exact) mass is 559 g/mol. The molecule has 1 amide bonds. The number of phenolic OH excluding ortho intramolecular Hbond substituents is 1. The van der Waals surface area contributed by atoms with Crippen LogP contribution in [0.25, 0.3) is 0 Å². The van der Waals surface area contributed by atoms with Crippen molar-refractivity contribution in [3.63, 3.8) is 0 Å². The van der Waals surface area contributed by atoms with Crippen molar-refractivity contribution in [1.82, 2.24) is 14.8 Å². The summed E-state index contributed by atoms with van der Waals surface area (Å²) in [6, 6.07) is 8.58. The number of para-hydroxylation sites is 1. The lowest BCUT2D eigenvalue weighted by Gasteiger charge is -2.43. The first-order chi connectivity index (χ1) is 19.9. The molecule has 0 spiro atoms. The fourth-order valence-corrected chi connectivity index (χ4v) is 6.21. The first-order valence-corrected chi connectivity index (χ1v) is 13.9. The first kappa shape index (κ1) is 28.2. The standard InChI is InChI=1S/C30H34FN7O3/c1-3-27(40)38-15-14-37(17-20(38)9-11-32)28-22-10-13-36(29-24(31)7-4-8-26(29)39)18-25(22)34-30(23(28)16-33)41-19-21-6-5-12-35(21)2/h3-4,7-8,20-21,39H,1,5-6,9-10,12-15,17-19H2,2H3/t20-,21-/m0/s1. The molecule has 2 saturated heterocycles. The molecule has 2 fully saturated rings. The maximum Gasteiger partial charge on any atom is 0.246 e. The number of pyridine rings is 1. The molecule has 0 radical (unpaired) electrons. The van der Waals surface area contributed by atoms with E-state index in [2.05, 4.69) is 35.6 Å². The van der Waals surface area contributed by atoms with Crippen LogP contribution in [-0.2, 0) is 17.8 Å². The summed E-state index contributed by atoms with van der Waals surface area (Å²) in [4.78, 5) is 25.0. The molecule has 2 atom stereocenters. The Hall–Kier alpha value is -4.35. The molecule has 0 unspecified atom stereocenters. The first-order valence-electron chi connectivity index (χ1n) is 13.9. The molecule has 5 rings (SSSR count). The normalized spacial score (nSPS) is 20.7. The molecule has 10 nitrogen and oxygen atoms in total. The maximum absolute atomic E-state index is 14.8. The number of ether oxygens (including phenoxy) is 1. The van der Waals surface area contributed by atoms with Gasteiger partial charge in [-0.1, -0.05) is 12.6 Å². The number of hydrogen-bond donors (Lipinski definition) is 1. The minimum atomic E-state index is -0.523. The second kappa shape index (κ2) is 12.0. The molecule has 2 aromatic rings. The molecule has 214 valence electrons. The lowest BCUT2D eigenvalue weighted by atomic mass is 9.96. The Balaban J connectivity index is 1.55. The van der Waals surface area contributed by atoms with E-state index in [4.69, 9.17) is 9.72 Å². The van der Waals surface area contributed by atoms with Crippen LogP contribution in [0.4, 0.5) is 15.8 Å². The van der Waals surface area contributed by atoms with E-state index in [1.54, 1.807) is 9.80 Å². The lowest BCUT2D eigenvalue weighted by Crippen LogP contribution is -2.55. The highest BCUT2D eigenvalue weighted by atomic mass is 19.1. The predicted octanol–water partition coefficient (Wildman–Crippen LogP) is 2.95. The molecule has 1 aromatic heterocycles. The van der Waals surface area contributed by atoms with E-state index in [1.165, 1.54) is 24.3 Å². The van der Waals surface area contributed by atoms with Gasteiger partial charge in [-0.15, -0.1) is 0 Å². The Labute approximate surface area is 239 Å². The number of carbonyl (C=O) groups excluding carboxylic acids is 1. The number of nitrogens with zero attached hydrogens (tertiary/aromatic N) is 7. The van der Waals surface area contributed by atoms with Crippen molar-refractivity contribution in [2.24, 2.45) is 0 Å². The fourth-order valence-electron chi connectivity index (χ4n) is 6.21. The number of carbonyl (C=O) groups is 1. The molecular weight excluding hydrogens is 525 g/mol. The SMILES string of the molecule is C=CC(=O)N1CCN(c2c(C#N)c(OC[C@@H]3CCCN3C)nc3c2CCN(c2c(O)cccc2F)C3)C[C@@H]1CC#N. The van der Waals surface area contributed by atoms with Crippen LogP contribution in [0.2, 0.25) is 0 Å². The minimum absolute atomic E-state index is 0.117. The van der Waals surface area contributed by atoms with Gasteiger partial charge in [-0.2, -0.15) is 10.5 Å². The number of nitriles is 2. The summed E-state index contributed by atoms with van der Waals surface area (Å²) in [6.45, 7) is 6.78. The van der Waals surface area contributed by atoms with E-state index in [0.717, 1.165) is 24.9 Å². The zero-order chi connectivity index (χ0) is 29.1. The van der Waals surface area contributed by atoms with Gasteiger partial charge in [0.15, 0.2) is 0 Å². The van der Waals surface area contributed by atoms with Crippen molar-refractivity contribution in [3.05, 3.63) is 53.5 Å². The second-order valence-corrected chi connectivity index (χ2v) is 10.7. The predicted molar refractivity (Wildman–Crippen MR) is 151 cm³/mol. The van der Waals surface area contributed by atoms with Gasteiger partial charge in [0.05, 0.1) is 36.5 Å². The van der Waals surface area contributed by atoms with Crippen molar-refractivity contribution in [2.45, 2.75) is 44.3 Å². The number of benzene rings is 1. The van der Waals surface area contributed by atoms with Gasteiger partial charge in [0.1, 0.15) is 35.5 Å². The highest BCUT2D eigenvalue weighted by molar-refractivity contribution is 5.87. The van der Waals surface area contributed by atoms with Crippen molar-refractivity contribution < 1.29 is 19.0 Å². The largest absolute Gasteiger partial charge is 0.506 e. The van der Waals surface area contributed by atoms with Gasteiger partial charge >= 0.3 is 0 Å². The lowest BCUT2D eigenvalue weighted by molar-refractivity contribution is -0.128. The van der Waals surface area contributed by atoms with E-state index in [1.807, 2.05) is 0 Å². The van der Waals surface area contributed by atoms with Crippen molar-refractivity contribution in [1.29, 1.82) is 10.5 Å².